The number of hydrogen-bond acceptors (Lipinski definition) is 2. The molecule has 1 fully saturated rings. The summed E-state index contributed by atoms with van der Waals surface area (Å²) in [5, 5.41) is 0. The predicted octanol–water partition coefficient (Wildman–Crippen LogP) is 3.01. The third-order valence-corrected chi connectivity index (χ3v) is 4.97. The van der Waals surface area contributed by atoms with Crippen LogP contribution >= 0.6 is 0 Å². The molecule has 1 aliphatic rings. The Kier molecular flexibility index (Phi) is 5.26. The second kappa shape index (κ2) is 6.02. The Hall–Kier alpha value is -0.0800. The van der Waals surface area contributed by atoms with Gasteiger partial charge in [-0.05, 0) is 39.2 Å². The van der Waals surface area contributed by atoms with Gasteiger partial charge in [-0.2, -0.15) is 0 Å². The third kappa shape index (κ3) is 2.43. The van der Waals surface area contributed by atoms with Crippen LogP contribution < -0.4 is 5.73 Å². The van der Waals surface area contributed by atoms with Crippen molar-refractivity contribution in [2.24, 2.45) is 11.7 Å². The number of nitrogens with zero attached hydrogens (tertiary/aromatic N) is 1. The van der Waals surface area contributed by atoms with Crippen molar-refractivity contribution in [2.45, 2.75) is 70.9 Å². The molecule has 2 N–H and O–H groups in total. The van der Waals surface area contributed by atoms with Gasteiger partial charge in [0.1, 0.15) is 0 Å². The zero-order valence-electron chi connectivity index (χ0n) is 11.6. The Morgan fingerprint density at radius 2 is 2.06 bits per heavy atom. The van der Waals surface area contributed by atoms with Crippen LogP contribution in [0, 0.1) is 5.92 Å². The van der Waals surface area contributed by atoms with Gasteiger partial charge >= 0.3 is 0 Å². The highest BCUT2D eigenvalue weighted by molar-refractivity contribution is 4.99. The molecule has 0 spiro atoms. The molecule has 0 aromatic carbocycles. The van der Waals surface area contributed by atoms with Crippen LogP contribution in [0.25, 0.3) is 0 Å². The summed E-state index contributed by atoms with van der Waals surface area (Å²) >= 11 is 0. The van der Waals surface area contributed by atoms with Crippen molar-refractivity contribution in [2.75, 3.05) is 13.6 Å². The quantitative estimate of drug-likeness (QED) is 0.781. The van der Waals surface area contributed by atoms with E-state index in [1.807, 2.05) is 0 Å². The fourth-order valence-corrected chi connectivity index (χ4v) is 3.47. The summed E-state index contributed by atoms with van der Waals surface area (Å²) in [6, 6.07) is 0.649. The van der Waals surface area contributed by atoms with Crippen LogP contribution in [0.3, 0.4) is 0 Å². The van der Waals surface area contributed by atoms with Crippen molar-refractivity contribution >= 4 is 0 Å². The molecule has 0 aliphatic heterocycles. The van der Waals surface area contributed by atoms with E-state index in [0.29, 0.717) is 6.04 Å². The molecule has 1 rings (SSSR count). The van der Waals surface area contributed by atoms with E-state index in [2.05, 4.69) is 32.7 Å². The molecule has 16 heavy (non-hydrogen) atoms. The van der Waals surface area contributed by atoms with Gasteiger partial charge in [0, 0.05) is 18.1 Å². The zero-order valence-corrected chi connectivity index (χ0v) is 11.6. The van der Waals surface area contributed by atoms with Crippen molar-refractivity contribution in [3.8, 4) is 0 Å². The lowest BCUT2D eigenvalue weighted by Crippen LogP contribution is -2.60. The first kappa shape index (κ1) is 14.0. The fraction of sp³-hybridized carbons (Fsp3) is 1.00. The molecule has 0 bridgehead atoms. The van der Waals surface area contributed by atoms with Crippen LogP contribution in [0.15, 0.2) is 0 Å². The van der Waals surface area contributed by atoms with E-state index in [1.54, 1.807) is 0 Å². The summed E-state index contributed by atoms with van der Waals surface area (Å²) in [6.07, 6.45) is 7.91. The SMILES string of the molecule is CCC(C)N(C)C1(CN)CCCCC1CC. The lowest BCUT2D eigenvalue weighted by Gasteiger charge is -2.51. The van der Waals surface area contributed by atoms with E-state index < -0.39 is 0 Å². The molecule has 0 radical (unpaired) electrons. The molecular weight excluding hydrogens is 196 g/mol. The standard InChI is InChI=1S/C14H30N2/c1-5-12(3)16(4)14(11-15)10-8-7-9-13(14)6-2/h12-13H,5-11,15H2,1-4H3. The van der Waals surface area contributed by atoms with Crippen LogP contribution in [0.4, 0.5) is 0 Å². The van der Waals surface area contributed by atoms with E-state index in [0.717, 1.165) is 12.5 Å². The minimum Gasteiger partial charge on any atom is -0.329 e. The zero-order chi connectivity index (χ0) is 12.2. The highest BCUT2D eigenvalue weighted by Crippen LogP contribution is 2.40. The van der Waals surface area contributed by atoms with Crippen molar-refractivity contribution < 1.29 is 0 Å². The molecule has 3 unspecified atom stereocenters. The summed E-state index contributed by atoms with van der Waals surface area (Å²) in [5.74, 6) is 0.797. The third-order valence-electron chi connectivity index (χ3n) is 4.97. The van der Waals surface area contributed by atoms with Gasteiger partial charge in [0.2, 0.25) is 0 Å². The fourth-order valence-electron chi connectivity index (χ4n) is 3.47. The molecule has 2 heteroatoms. The molecule has 0 heterocycles. The van der Waals surface area contributed by atoms with E-state index in [1.165, 1.54) is 38.5 Å². The summed E-state index contributed by atoms with van der Waals surface area (Å²) in [7, 11) is 2.29. The highest BCUT2D eigenvalue weighted by Gasteiger charge is 2.42. The van der Waals surface area contributed by atoms with E-state index in [9.17, 15) is 0 Å². The lowest BCUT2D eigenvalue weighted by molar-refractivity contribution is -0.00251. The van der Waals surface area contributed by atoms with E-state index >= 15 is 0 Å². The molecule has 3 atom stereocenters. The Balaban J connectivity index is 2.87. The Morgan fingerprint density at radius 1 is 1.38 bits per heavy atom. The molecule has 0 amide bonds. The molecule has 0 aromatic rings. The molecule has 1 saturated carbocycles. The molecule has 1 aliphatic carbocycles. The first-order valence-corrected chi connectivity index (χ1v) is 7.05. The number of nitrogens with two attached hydrogens (primary N) is 1. The number of likely N-dealkylation sites (N-methyl/N-ethyl adjacent to an activating group) is 1. The van der Waals surface area contributed by atoms with Crippen molar-refractivity contribution in [1.82, 2.24) is 4.90 Å². The van der Waals surface area contributed by atoms with Gasteiger partial charge in [-0.25, -0.2) is 0 Å². The van der Waals surface area contributed by atoms with Gasteiger partial charge in [0.05, 0.1) is 0 Å². The van der Waals surface area contributed by atoms with Crippen LogP contribution in [-0.4, -0.2) is 30.1 Å². The normalized spacial score (nSPS) is 33.0. The van der Waals surface area contributed by atoms with Crippen LogP contribution in [0.2, 0.25) is 0 Å². The summed E-state index contributed by atoms with van der Waals surface area (Å²) < 4.78 is 0. The topological polar surface area (TPSA) is 29.3 Å². The van der Waals surface area contributed by atoms with Gasteiger partial charge in [0.25, 0.3) is 0 Å². The molecule has 0 saturated heterocycles. The number of hydrogen-bond donors (Lipinski definition) is 1. The van der Waals surface area contributed by atoms with Crippen LogP contribution in [0.1, 0.15) is 59.3 Å². The average Bonchev–Trinajstić information content (AvgIpc) is 2.36. The first-order chi connectivity index (χ1) is 7.62. The minimum absolute atomic E-state index is 0.280. The molecule has 96 valence electrons. The smallest absolute Gasteiger partial charge is 0.0359 e. The van der Waals surface area contributed by atoms with E-state index in [4.69, 9.17) is 5.73 Å². The largest absolute Gasteiger partial charge is 0.329 e. The Labute approximate surface area is 102 Å². The Bertz CT molecular complexity index is 205. The second-order valence-corrected chi connectivity index (χ2v) is 5.53. The van der Waals surface area contributed by atoms with Gasteiger partial charge in [-0.1, -0.05) is 33.1 Å². The van der Waals surface area contributed by atoms with Gasteiger partial charge in [-0.3, -0.25) is 4.90 Å². The maximum absolute atomic E-state index is 6.16. The van der Waals surface area contributed by atoms with Crippen LogP contribution in [-0.2, 0) is 0 Å². The van der Waals surface area contributed by atoms with Crippen molar-refractivity contribution in [1.29, 1.82) is 0 Å². The second-order valence-electron chi connectivity index (χ2n) is 5.53. The predicted molar refractivity (Wildman–Crippen MR) is 71.6 cm³/mol. The summed E-state index contributed by atoms with van der Waals surface area (Å²) in [6.45, 7) is 7.76. The van der Waals surface area contributed by atoms with E-state index in [-0.39, 0.29) is 5.54 Å². The highest BCUT2D eigenvalue weighted by atomic mass is 15.2. The maximum atomic E-state index is 6.16. The van der Waals surface area contributed by atoms with Crippen LogP contribution in [0.5, 0.6) is 0 Å². The molecule has 0 aromatic heterocycles. The van der Waals surface area contributed by atoms with Crippen molar-refractivity contribution in [3.05, 3.63) is 0 Å². The summed E-state index contributed by atoms with van der Waals surface area (Å²) in [5.41, 5.74) is 6.44. The van der Waals surface area contributed by atoms with Gasteiger partial charge < -0.3 is 5.73 Å². The maximum Gasteiger partial charge on any atom is 0.0359 e. The lowest BCUT2D eigenvalue weighted by atomic mass is 9.70. The average molecular weight is 226 g/mol. The van der Waals surface area contributed by atoms with Gasteiger partial charge in [0.15, 0.2) is 0 Å². The Morgan fingerprint density at radius 3 is 2.56 bits per heavy atom. The molecular formula is C14H30N2. The molecule has 2 nitrogen and oxygen atoms in total. The summed E-state index contributed by atoms with van der Waals surface area (Å²) in [4.78, 5) is 2.58. The minimum atomic E-state index is 0.280. The monoisotopic (exact) mass is 226 g/mol. The van der Waals surface area contributed by atoms with Gasteiger partial charge in [-0.15, -0.1) is 0 Å². The van der Waals surface area contributed by atoms with Crippen molar-refractivity contribution in [3.63, 3.8) is 0 Å². The number of rotatable bonds is 5. The first-order valence-electron chi connectivity index (χ1n) is 7.05.